The van der Waals surface area contributed by atoms with Crippen molar-refractivity contribution in [1.82, 2.24) is 0 Å². The Balaban J connectivity index is 1.68. The van der Waals surface area contributed by atoms with Crippen LogP contribution in [0.1, 0.15) is 42.9 Å². The lowest BCUT2D eigenvalue weighted by atomic mass is 10.0. The zero-order valence-electron chi connectivity index (χ0n) is 20.3. The Morgan fingerprint density at radius 2 is 1.38 bits per heavy atom. The predicted octanol–water partition coefficient (Wildman–Crippen LogP) is 9.32. The van der Waals surface area contributed by atoms with Gasteiger partial charge in [0.2, 0.25) is 0 Å². The first-order valence-corrected chi connectivity index (χ1v) is 11.8. The van der Waals surface area contributed by atoms with Crippen molar-refractivity contribution in [2.75, 3.05) is 0 Å². The van der Waals surface area contributed by atoms with Crippen LogP contribution in [0, 0.1) is 35.1 Å². The molecule has 0 amide bonds. The van der Waals surface area contributed by atoms with Crippen LogP contribution in [0.25, 0.3) is 21.5 Å². The normalized spacial score (nSPS) is 12.1. The quantitative estimate of drug-likeness (QED) is 0.126. The van der Waals surface area contributed by atoms with E-state index >= 15 is 13.2 Å². The topological polar surface area (TPSA) is 9.23 Å². The second kappa shape index (κ2) is 10.7. The van der Waals surface area contributed by atoms with E-state index in [9.17, 15) is 26.3 Å². The molecule has 39 heavy (non-hydrogen) atoms. The van der Waals surface area contributed by atoms with Crippen molar-refractivity contribution < 1.29 is 44.3 Å². The van der Waals surface area contributed by atoms with Gasteiger partial charge in [0, 0.05) is 16.7 Å². The zero-order valence-corrected chi connectivity index (χ0v) is 20.3. The highest BCUT2D eigenvalue weighted by molar-refractivity contribution is 5.86. The number of alkyl halides is 5. The van der Waals surface area contributed by atoms with Gasteiger partial charge < -0.3 is 4.74 Å². The Morgan fingerprint density at radius 3 is 2.08 bits per heavy atom. The molecule has 0 aromatic heterocycles. The number of hydrogen-bond acceptors (Lipinski definition) is 1. The summed E-state index contributed by atoms with van der Waals surface area (Å²) in [6.07, 6.45) is -5.84. The summed E-state index contributed by atoms with van der Waals surface area (Å²) in [6.45, 7) is 2.03. The van der Waals surface area contributed by atoms with E-state index in [4.69, 9.17) is 0 Å². The molecule has 0 saturated carbocycles. The van der Waals surface area contributed by atoms with Crippen LogP contribution in [0.3, 0.4) is 0 Å². The van der Waals surface area contributed by atoms with Gasteiger partial charge in [-0.1, -0.05) is 50.0 Å². The molecule has 0 fully saturated rings. The van der Waals surface area contributed by atoms with E-state index in [2.05, 4.69) is 4.74 Å². The highest BCUT2D eigenvalue weighted by atomic mass is 19.4. The maximum Gasteiger partial charge on any atom is 0.458 e. The lowest BCUT2D eigenvalue weighted by Gasteiger charge is -2.20. The van der Waals surface area contributed by atoms with E-state index in [-0.39, 0.29) is 10.8 Å². The first-order chi connectivity index (χ1) is 18.3. The molecule has 1 nitrogen and oxygen atoms in total. The Hall–Kier alpha value is -3.87. The largest absolute Gasteiger partial charge is 0.458 e. The van der Waals surface area contributed by atoms with Gasteiger partial charge in [-0.25, -0.2) is 17.6 Å². The summed E-state index contributed by atoms with van der Waals surface area (Å²) >= 11 is 0. The van der Waals surface area contributed by atoms with Crippen LogP contribution in [0.4, 0.5) is 39.5 Å². The number of rotatable bonds is 7. The molecular weight excluding hydrogens is 535 g/mol. The molecule has 0 spiro atoms. The first kappa shape index (κ1) is 28.1. The molecule has 0 N–H and O–H groups in total. The smallest absolute Gasteiger partial charge is 0.423 e. The third kappa shape index (κ3) is 6.08. The molecule has 4 rings (SSSR count). The van der Waals surface area contributed by atoms with Gasteiger partial charge in [0.1, 0.15) is 11.6 Å². The summed E-state index contributed by atoms with van der Waals surface area (Å²) in [5.74, 6) is -4.98. The van der Waals surface area contributed by atoms with Gasteiger partial charge in [-0.05, 0) is 53.4 Å². The summed E-state index contributed by atoms with van der Waals surface area (Å²) in [4.78, 5) is 0. The Bertz CT molecular complexity index is 1610. The lowest BCUT2D eigenvalue weighted by molar-refractivity contribution is -0.188. The number of aryl methyl sites for hydroxylation is 1. The number of unbranched alkanes of at least 4 members (excludes halogenated alkanes) is 2. The van der Waals surface area contributed by atoms with Crippen molar-refractivity contribution in [3.63, 3.8) is 0 Å². The van der Waals surface area contributed by atoms with E-state index in [0.717, 1.165) is 42.9 Å². The second-order valence-corrected chi connectivity index (χ2v) is 8.86. The maximum atomic E-state index is 15.1. The van der Waals surface area contributed by atoms with Crippen LogP contribution < -0.4 is 4.74 Å². The van der Waals surface area contributed by atoms with Crippen molar-refractivity contribution in [1.29, 1.82) is 0 Å². The molecule has 0 bridgehead atoms. The number of fused-ring (bicyclic) bond motifs is 2. The molecule has 0 unspecified atom stereocenters. The van der Waals surface area contributed by atoms with Crippen LogP contribution in [0.2, 0.25) is 0 Å². The SMILES string of the molecule is CCCCCc1ccc2c(F)c(OC(F)(F)c3ccc4c(F)c(C#CC(F)(F)F)c(F)cc4c3)c(F)cc2c1. The van der Waals surface area contributed by atoms with Gasteiger partial charge >= 0.3 is 12.3 Å². The van der Waals surface area contributed by atoms with E-state index in [1.54, 1.807) is 12.1 Å². The van der Waals surface area contributed by atoms with Crippen molar-refractivity contribution in [3.05, 3.63) is 88.5 Å². The van der Waals surface area contributed by atoms with E-state index in [1.165, 1.54) is 12.0 Å². The summed E-state index contributed by atoms with van der Waals surface area (Å²) in [7, 11) is 0. The fraction of sp³-hybridized carbons (Fsp3) is 0.241. The van der Waals surface area contributed by atoms with Gasteiger partial charge in [0.15, 0.2) is 17.4 Å². The van der Waals surface area contributed by atoms with E-state index in [0.29, 0.717) is 24.6 Å². The van der Waals surface area contributed by atoms with Gasteiger partial charge in [0.25, 0.3) is 0 Å². The fourth-order valence-electron chi connectivity index (χ4n) is 4.14. The monoisotopic (exact) mass is 554 g/mol. The van der Waals surface area contributed by atoms with Crippen LogP contribution in [-0.4, -0.2) is 6.18 Å². The maximum absolute atomic E-state index is 15.1. The Morgan fingerprint density at radius 1 is 0.744 bits per heavy atom. The van der Waals surface area contributed by atoms with E-state index in [1.807, 2.05) is 6.92 Å². The summed E-state index contributed by atoms with van der Waals surface area (Å²) in [5, 5.41) is -0.939. The van der Waals surface area contributed by atoms with Gasteiger partial charge in [-0.15, -0.1) is 0 Å². The number of hydrogen-bond donors (Lipinski definition) is 0. The molecule has 204 valence electrons. The van der Waals surface area contributed by atoms with Gasteiger partial charge in [-0.2, -0.15) is 22.0 Å². The average molecular weight is 554 g/mol. The molecule has 0 aliphatic rings. The summed E-state index contributed by atoms with van der Waals surface area (Å²) in [6, 6.07) is 7.92. The fourth-order valence-corrected chi connectivity index (χ4v) is 4.14. The number of benzene rings is 4. The van der Waals surface area contributed by atoms with Crippen molar-refractivity contribution in [2.24, 2.45) is 0 Å². The molecule has 0 aliphatic carbocycles. The molecular formula is C29H19F9O. The van der Waals surface area contributed by atoms with Crippen LogP contribution in [0.5, 0.6) is 5.75 Å². The summed E-state index contributed by atoms with van der Waals surface area (Å²) in [5.41, 5.74) is -1.37. The second-order valence-electron chi connectivity index (χ2n) is 8.86. The third-order valence-electron chi connectivity index (χ3n) is 6.04. The van der Waals surface area contributed by atoms with Crippen LogP contribution in [0.15, 0.2) is 48.5 Å². The molecule has 0 atom stereocenters. The molecule has 4 aromatic rings. The van der Waals surface area contributed by atoms with Gasteiger partial charge in [-0.3, -0.25) is 0 Å². The summed E-state index contributed by atoms with van der Waals surface area (Å²) < 4.78 is 130. The van der Waals surface area contributed by atoms with Crippen LogP contribution in [-0.2, 0) is 12.5 Å². The Labute approximate surface area is 217 Å². The number of halogens is 9. The molecule has 0 aliphatic heterocycles. The molecule has 10 heteroatoms. The van der Waals surface area contributed by atoms with Crippen molar-refractivity contribution >= 4 is 21.5 Å². The minimum absolute atomic E-state index is 0.142. The third-order valence-corrected chi connectivity index (χ3v) is 6.04. The highest BCUT2D eigenvalue weighted by Gasteiger charge is 2.37. The lowest BCUT2D eigenvalue weighted by Crippen LogP contribution is -2.23. The van der Waals surface area contributed by atoms with Crippen molar-refractivity contribution in [2.45, 2.75) is 44.9 Å². The Kier molecular flexibility index (Phi) is 7.73. The molecule has 0 radical (unpaired) electrons. The van der Waals surface area contributed by atoms with Crippen LogP contribution >= 0.6 is 0 Å². The first-order valence-electron chi connectivity index (χ1n) is 11.8. The standard InChI is InChI=1S/C29H19F9O/c1-2-3-4-5-16-6-8-21-17(12-16)15-24(31)27(26(21)33)39-29(37,38)19-7-9-20-18(13-19)14-23(30)22(25(20)32)10-11-28(34,35)36/h6-9,12-15H,2-5H2,1H3. The van der Waals surface area contributed by atoms with Crippen molar-refractivity contribution in [3.8, 4) is 17.6 Å². The van der Waals surface area contributed by atoms with Gasteiger partial charge in [0.05, 0.1) is 11.1 Å². The van der Waals surface area contributed by atoms with E-state index < -0.39 is 63.2 Å². The molecule has 4 aromatic carbocycles. The minimum atomic E-state index is -5.01. The highest BCUT2D eigenvalue weighted by Crippen LogP contribution is 2.39. The minimum Gasteiger partial charge on any atom is -0.423 e. The predicted molar refractivity (Wildman–Crippen MR) is 128 cm³/mol. The molecule has 0 heterocycles. The molecule has 0 saturated heterocycles. The zero-order chi connectivity index (χ0) is 28.5. The number of ether oxygens (including phenoxy) is 1. The average Bonchev–Trinajstić information content (AvgIpc) is 2.85.